The van der Waals surface area contributed by atoms with Crippen molar-refractivity contribution in [2.75, 3.05) is 18.1 Å². The Morgan fingerprint density at radius 3 is 2.48 bits per heavy atom. The molecule has 0 fully saturated rings. The number of nitrogens with zero attached hydrogens (tertiary/aromatic N) is 5. The van der Waals surface area contributed by atoms with Crippen LogP contribution in [0.1, 0.15) is 16.8 Å². The summed E-state index contributed by atoms with van der Waals surface area (Å²) in [6.45, 7) is 2.85. The zero-order valence-corrected chi connectivity index (χ0v) is 14.0. The topological polar surface area (TPSA) is 78.0 Å². The first kappa shape index (κ1) is 16.7. The third kappa shape index (κ3) is 3.67. The van der Waals surface area contributed by atoms with E-state index in [1.807, 2.05) is 66.4 Å². The van der Waals surface area contributed by atoms with E-state index in [0.29, 0.717) is 18.9 Å². The van der Waals surface area contributed by atoms with Crippen molar-refractivity contribution in [3.8, 4) is 11.8 Å². The van der Waals surface area contributed by atoms with Gasteiger partial charge in [-0.3, -0.25) is 0 Å². The van der Waals surface area contributed by atoms with Gasteiger partial charge in [-0.05, 0) is 24.1 Å². The zero-order chi connectivity index (χ0) is 17.6. The molecule has 3 rings (SSSR count). The molecule has 126 valence electrons. The van der Waals surface area contributed by atoms with Crippen LogP contribution in [0.3, 0.4) is 0 Å². The first-order valence-corrected chi connectivity index (χ1v) is 8.06. The number of nitriles is 1. The highest BCUT2D eigenvalue weighted by Gasteiger charge is 2.19. The van der Waals surface area contributed by atoms with E-state index in [2.05, 4.69) is 16.3 Å². The number of rotatable bonds is 6. The van der Waals surface area contributed by atoms with Gasteiger partial charge in [0.1, 0.15) is 6.07 Å². The summed E-state index contributed by atoms with van der Waals surface area (Å²) in [5.41, 5.74) is 3.16. The van der Waals surface area contributed by atoms with Gasteiger partial charge in [-0.2, -0.15) is 5.26 Å². The fraction of sp³-hybridized carbons (Fsp3) is 0.211. The van der Waals surface area contributed by atoms with E-state index in [4.69, 9.17) is 0 Å². The van der Waals surface area contributed by atoms with E-state index in [1.54, 1.807) is 0 Å². The minimum atomic E-state index is -0.0328. The monoisotopic (exact) mass is 333 g/mol. The summed E-state index contributed by atoms with van der Waals surface area (Å²) in [5, 5.41) is 27.8. The molecule has 0 saturated heterocycles. The number of aryl methyl sites for hydroxylation is 1. The molecule has 25 heavy (non-hydrogen) atoms. The van der Waals surface area contributed by atoms with Crippen LogP contribution in [0.2, 0.25) is 0 Å². The Bertz CT molecular complexity index is 882. The van der Waals surface area contributed by atoms with Crippen LogP contribution in [0, 0.1) is 18.3 Å². The van der Waals surface area contributed by atoms with Crippen molar-refractivity contribution in [3.05, 3.63) is 71.4 Å². The standard InChI is InChI=1S/C19H19N5O/c1-15-7-5-6-10-18(15)24-21-17(13-20)19(22-24)23(11-12-25)14-16-8-3-2-4-9-16/h2-10,25H,11-12,14H2,1H3. The van der Waals surface area contributed by atoms with Crippen LogP contribution in [0.4, 0.5) is 5.82 Å². The molecule has 0 unspecified atom stereocenters. The van der Waals surface area contributed by atoms with Gasteiger partial charge in [0, 0.05) is 13.1 Å². The lowest BCUT2D eigenvalue weighted by Gasteiger charge is -2.21. The molecule has 2 aromatic carbocycles. The Morgan fingerprint density at radius 2 is 1.80 bits per heavy atom. The summed E-state index contributed by atoms with van der Waals surface area (Å²) < 4.78 is 0. The minimum Gasteiger partial charge on any atom is -0.395 e. The van der Waals surface area contributed by atoms with Gasteiger partial charge in [0.25, 0.3) is 0 Å². The molecular weight excluding hydrogens is 314 g/mol. The summed E-state index contributed by atoms with van der Waals surface area (Å²) in [4.78, 5) is 3.36. The summed E-state index contributed by atoms with van der Waals surface area (Å²) >= 11 is 0. The number of hydrogen-bond acceptors (Lipinski definition) is 5. The van der Waals surface area contributed by atoms with Gasteiger partial charge in [0.15, 0.2) is 5.82 Å². The van der Waals surface area contributed by atoms with E-state index < -0.39 is 0 Å². The SMILES string of the molecule is Cc1ccccc1-n1nc(C#N)c(N(CCO)Cc2ccccc2)n1. The molecule has 1 heterocycles. The fourth-order valence-corrected chi connectivity index (χ4v) is 2.66. The van der Waals surface area contributed by atoms with Crippen LogP contribution in [-0.4, -0.2) is 33.3 Å². The van der Waals surface area contributed by atoms with Crippen molar-refractivity contribution in [1.29, 1.82) is 5.26 Å². The first-order chi connectivity index (χ1) is 12.2. The van der Waals surface area contributed by atoms with Gasteiger partial charge >= 0.3 is 0 Å². The van der Waals surface area contributed by atoms with Crippen molar-refractivity contribution >= 4 is 5.82 Å². The lowest BCUT2D eigenvalue weighted by atomic mass is 10.2. The second-order valence-corrected chi connectivity index (χ2v) is 5.69. The van der Waals surface area contributed by atoms with Crippen molar-refractivity contribution < 1.29 is 5.11 Å². The van der Waals surface area contributed by atoms with E-state index in [-0.39, 0.29) is 12.3 Å². The molecule has 3 aromatic rings. The number of aromatic nitrogens is 3. The second-order valence-electron chi connectivity index (χ2n) is 5.69. The molecule has 1 N–H and O–H groups in total. The minimum absolute atomic E-state index is 0.0328. The predicted octanol–water partition coefficient (Wildman–Crippen LogP) is 2.45. The molecule has 6 heteroatoms. The van der Waals surface area contributed by atoms with Crippen LogP contribution >= 0.6 is 0 Å². The number of benzene rings is 2. The third-order valence-corrected chi connectivity index (χ3v) is 3.92. The largest absolute Gasteiger partial charge is 0.395 e. The number of aliphatic hydroxyl groups excluding tert-OH is 1. The van der Waals surface area contributed by atoms with Crippen LogP contribution in [-0.2, 0) is 6.54 Å². The van der Waals surface area contributed by atoms with Crippen LogP contribution in [0.15, 0.2) is 54.6 Å². The number of para-hydroxylation sites is 1. The summed E-state index contributed by atoms with van der Waals surface area (Å²) in [6, 6.07) is 19.7. The fourth-order valence-electron chi connectivity index (χ4n) is 2.66. The predicted molar refractivity (Wildman–Crippen MR) is 95.4 cm³/mol. The average molecular weight is 333 g/mol. The lowest BCUT2D eigenvalue weighted by molar-refractivity contribution is 0.301. The molecule has 0 aliphatic heterocycles. The molecule has 0 amide bonds. The lowest BCUT2D eigenvalue weighted by Crippen LogP contribution is -2.27. The summed E-state index contributed by atoms with van der Waals surface area (Å²) in [5.74, 6) is 0.476. The Hall–Kier alpha value is -3.17. The molecule has 0 aliphatic carbocycles. The van der Waals surface area contributed by atoms with Crippen molar-refractivity contribution in [1.82, 2.24) is 15.0 Å². The second kappa shape index (κ2) is 7.60. The Kier molecular flexibility index (Phi) is 5.07. The van der Waals surface area contributed by atoms with E-state index >= 15 is 0 Å². The van der Waals surface area contributed by atoms with Crippen molar-refractivity contribution in [2.45, 2.75) is 13.5 Å². The van der Waals surface area contributed by atoms with Gasteiger partial charge in [0.05, 0.1) is 12.3 Å². The average Bonchev–Trinajstić information content (AvgIpc) is 3.07. The number of anilines is 1. The van der Waals surface area contributed by atoms with E-state index in [1.165, 1.54) is 4.80 Å². The number of aliphatic hydroxyl groups is 1. The highest BCUT2D eigenvalue weighted by molar-refractivity contribution is 5.51. The van der Waals surface area contributed by atoms with Gasteiger partial charge in [-0.25, -0.2) is 0 Å². The highest BCUT2D eigenvalue weighted by Crippen LogP contribution is 2.21. The maximum atomic E-state index is 9.48. The molecule has 0 radical (unpaired) electrons. The van der Waals surface area contributed by atoms with Crippen molar-refractivity contribution in [3.63, 3.8) is 0 Å². The third-order valence-electron chi connectivity index (χ3n) is 3.92. The van der Waals surface area contributed by atoms with Crippen LogP contribution in [0.25, 0.3) is 5.69 Å². The highest BCUT2D eigenvalue weighted by atomic mass is 16.3. The van der Waals surface area contributed by atoms with Gasteiger partial charge in [-0.1, -0.05) is 48.5 Å². The molecule has 0 aliphatic rings. The molecule has 1 aromatic heterocycles. The first-order valence-electron chi connectivity index (χ1n) is 8.06. The maximum Gasteiger partial charge on any atom is 0.207 e. The van der Waals surface area contributed by atoms with Crippen LogP contribution < -0.4 is 4.90 Å². The quantitative estimate of drug-likeness (QED) is 0.750. The van der Waals surface area contributed by atoms with Crippen molar-refractivity contribution in [2.24, 2.45) is 0 Å². The van der Waals surface area contributed by atoms with Crippen LogP contribution in [0.5, 0.6) is 0 Å². The number of hydrogen-bond donors (Lipinski definition) is 1. The van der Waals surface area contributed by atoms with Gasteiger partial charge in [-0.15, -0.1) is 15.0 Å². The molecule has 0 spiro atoms. The molecular formula is C19H19N5O. The summed E-state index contributed by atoms with van der Waals surface area (Å²) in [6.07, 6.45) is 0. The van der Waals surface area contributed by atoms with E-state index in [0.717, 1.165) is 16.8 Å². The van der Waals surface area contributed by atoms with Gasteiger partial charge in [0.2, 0.25) is 5.69 Å². The molecule has 0 saturated carbocycles. The zero-order valence-electron chi connectivity index (χ0n) is 14.0. The Morgan fingerprint density at radius 1 is 1.08 bits per heavy atom. The normalized spacial score (nSPS) is 10.4. The molecule has 6 nitrogen and oxygen atoms in total. The Labute approximate surface area is 146 Å². The van der Waals surface area contributed by atoms with Gasteiger partial charge < -0.3 is 10.0 Å². The summed E-state index contributed by atoms with van der Waals surface area (Å²) in [7, 11) is 0. The molecule has 0 atom stereocenters. The Balaban J connectivity index is 1.99. The van der Waals surface area contributed by atoms with E-state index in [9.17, 15) is 10.4 Å². The smallest absolute Gasteiger partial charge is 0.207 e. The maximum absolute atomic E-state index is 9.48. The molecule has 0 bridgehead atoms.